The summed E-state index contributed by atoms with van der Waals surface area (Å²) < 4.78 is 5.42. The fourth-order valence-electron chi connectivity index (χ4n) is 3.29. The van der Waals surface area contributed by atoms with Crippen LogP contribution < -0.4 is 15.0 Å². The summed E-state index contributed by atoms with van der Waals surface area (Å²) in [7, 11) is 0. The van der Waals surface area contributed by atoms with Gasteiger partial charge in [-0.3, -0.25) is 9.59 Å². The fraction of sp³-hybridized carbons (Fsp3) is 0.0800. The number of rotatable bonds is 5. The van der Waals surface area contributed by atoms with Gasteiger partial charge in [0, 0.05) is 15.7 Å². The molecule has 1 aliphatic heterocycles. The fourth-order valence-corrected chi connectivity index (χ4v) is 4.02. The lowest BCUT2D eigenvalue weighted by atomic mass is 10.1. The number of hydrogen-bond donors (Lipinski definition) is 1. The monoisotopic (exact) mass is 514 g/mol. The van der Waals surface area contributed by atoms with Crippen LogP contribution in [0.5, 0.6) is 5.75 Å². The first-order chi connectivity index (χ1) is 16.1. The molecular weight excluding hydrogens is 499 g/mol. The van der Waals surface area contributed by atoms with E-state index in [2.05, 4.69) is 5.32 Å². The SMILES string of the molecule is Cc1ccc(OC(=O)c2ccc(NC3=C(Cl)C(=O)N(c4cc(Cl)cc(Cl)c4)C3=O)cc2)cc1C. The van der Waals surface area contributed by atoms with Gasteiger partial charge in [-0.05, 0) is 79.6 Å². The van der Waals surface area contributed by atoms with Crippen LogP contribution in [-0.2, 0) is 9.59 Å². The molecule has 3 aromatic carbocycles. The topological polar surface area (TPSA) is 75.7 Å². The average Bonchev–Trinajstić information content (AvgIpc) is 2.99. The van der Waals surface area contributed by atoms with Crippen LogP contribution in [0.15, 0.2) is 71.4 Å². The molecule has 0 saturated carbocycles. The maximum atomic E-state index is 12.9. The summed E-state index contributed by atoms with van der Waals surface area (Å²) in [5.74, 6) is -1.45. The van der Waals surface area contributed by atoms with Gasteiger partial charge >= 0.3 is 5.97 Å². The van der Waals surface area contributed by atoms with Crippen LogP contribution in [0.2, 0.25) is 10.0 Å². The molecule has 0 unspecified atom stereocenters. The normalized spacial score (nSPS) is 13.5. The lowest BCUT2D eigenvalue weighted by Crippen LogP contribution is -2.32. The number of carbonyl (C=O) groups is 3. The number of anilines is 2. The first-order valence-corrected chi connectivity index (χ1v) is 11.2. The largest absolute Gasteiger partial charge is 0.423 e. The smallest absolute Gasteiger partial charge is 0.343 e. The van der Waals surface area contributed by atoms with Gasteiger partial charge in [-0.1, -0.05) is 40.9 Å². The highest BCUT2D eigenvalue weighted by atomic mass is 35.5. The molecule has 172 valence electrons. The molecule has 0 spiro atoms. The Balaban J connectivity index is 1.49. The minimum Gasteiger partial charge on any atom is -0.423 e. The van der Waals surface area contributed by atoms with E-state index < -0.39 is 17.8 Å². The quantitative estimate of drug-likeness (QED) is 0.246. The predicted octanol–water partition coefficient (Wildman–Crippen LogP) is 6.27. The highest BCUT2D eigenvalue weighted by molar-refractivity contribution is 6.53. The number of imide groups is 1. The lowest BCUT2D eigenvalue weighted by molar-refractivity contribution is -0.120. The Morgan fingerprint density at radius 2 is 1.47 bits per heavy atom. The van der Waals surface area contributed by atoms with E-state index in [1.807, 2.05) is 19.9 Å². The molecule has 0 fully saturated rings. The molecule has 9 heteroatoms. The van der Waals surface area contributed by atoms with Gasteiger partial charge in [0.05, 0.1) is 11.3 Å². The van der Waals surface area contributed by atoms with Crippen molar-refractivity contribution in [2.45, 2.75) is 13.8 Å². The van der Waals surface area contributed by atoms with Crippen LogP contribution >= 0.6 is 34.8 Å². The summed E-state index contributed by atoms with van der Waals surface area (Å²) in [6, 6.07) is 16.0. The molecule has 3 aromatic rings. The predicted molar refractivity (Wildman–Crippen MR) is 133 cm³/mol. The number of nitrogens with one attached hydrogen (secondary N) is 1. The summed E-state index contributed by atoms with van der Waals surface area (Å²) in [6.07, 6.45) is 0. The average molecular weight is 516 g/mol. The van der Waals surface area contributed by atoms with E-state index >= 15 is 0 Å². The Bertz CT molecular complexity index is 1350. The number of carbonyl (C=O) groups excluding carboxylic acids is 3. The van der Waals surface area contributed by atoms with E-state index in [1.54, 1.807) is 24.3 Å². The molecule has 0 bridgehead atoms. The summed E-state index contributed by atoms with van der Waals surface area (Å²) in [6.45, 7) is 3.91. The van der Waals surface area contributed by atoms with Crippen LogP contribution in [0.1, 0.15) is 21.5 Å². The number of aryl methyl sites for hydroxylation is 2. The number of benzene rings is 3. The van der Waals surface area contributed by atoms with Crippen molar-refractivity contribution < 1.29 is 19.1 Å². The van der Waals surface area contributed by atoms with Crippen molar-refractivity contribution in [3.63, 3.8) is 0 Å². The highest BCUT2D eigenvalue weighted by Gasteiger charge is 2.39. The zero-order chi connectivity index (χ0) is 24.6. The van der Waals surface area contributed by atoms with Gasteiger partial charge in [-0.2, -0.15) is 0 Å². The molecular formula is C25H17Cl3N2O4. The molecule has 1 heterocycles. The summed E-state index contributed by atoms with van der Waals surface area (Å²) in [5, 5.41) is 3.10. The summed E-state index contributed by atoms with van der Waals surface area (Å²) in [4.78, 5) is 38.9. The second-order valence-electron chi connectivity index (χ2n) is 7.60. The minimum atomic E-state index is -0.707. The number of esters is 1. The second kappa shape index (κ2) is 9.50. The molecule has 0 aromatic heterocycles. The Morgan fingerprint density at radius 3 is 2.09 bits per heavy atom. The van der Waals surface area contributed by atoms with Gasteiger partial charge in [0.15, 0.2) is 0 Å². The maximum absolute atomic E-state index is 12.9. The van der Waals surface area contributed by atoms with E-state index in [1.165, 1.54) is 30.3 Å². The molecule has 0 saturated heterocycles. The molecule has 6 nitrogen and oxygen atoms in total. The third kappa shape index (κ3) is 4.80. The van der Waals surface area contributed by atoms with Crippen LogP contribution in [0.25, 0.3) is 0 Å². The van der Waals surface area contributed by atoms with Crippen molar-refractivity contribution in [1.82, 2.24) is 0 Å². The molecule has 1 N–H and O–H groups in total. The Labute approximate surface area is 210 Å². The first kappa shape index (κ1) is 23.8. The van der Waals surface area contributed by atoms with E-state index in [0.717, 1.165) is 16.0 Å². The molecule has 1 aliphatic rings. The van der Waals surface area contributed by atoms with Crippen LogP contribution in [0.4, 0.5) is 11.4 Å². The first-order valence-electron chi connectivity index (χ1n) is 10.0. The Morgan fingerprint density at radius 1 is 0.824 bits per heavy atom. The summed E-state index contributed by atoms with van der Waals surface area (Å²) >= 11 is 18.2. The third-order valence-electron chi connectivity index (χ3n) is 5.21. The number of halogens is 3. The molecule has 0 atom stereocenters. The van der Waals surface area contributed by atoms with Gasteiger partial charge < -0.3 is 10.1 Å². The van der Waals surface area contributed by atoms with E-state index in [0.29, 0.717) is 17.0 Å². The van der Waals surface area contributed by atoms with Crippen molar-refractivity contribution in [3.05, 3.63) is 98.1 Å². The molecule has 4 rings (SSSR count). The molecule has 0 radical (unpaired) electrons. The molecule has 34 heavy (non-hydrogen) atoms. The van der Waals surface area contributed by atoms with Gasteiger partial charge in [0.1, 0.15) is 16.5 Å². The Hall–Kier alpha value is -3.32. The van der Waals surface area contributed by atoms with E-state index in [4.69, 9.17) is 39.5 Å². The second-order valence-corrected chi connectivity index (χ2v) is 8.85. The molecule has 2 amide bonds. The van der Waals surface area contributed by atoms with Crippen LogP contribution in [0, 0.1) is 13.8 Å². The highest BCUT2D eigenvalue weighted by Crippen LogP contribution is 2.33. The van der Waals surface area contributed by atoms with Crippen molar-refractivity contribution in [1.29, 1.82) is 0 Å². The van der Waals surface area contributed by atoms with Gasteiger partial charge in [-0.25, -0.2) is 9.69 Å². The van der Waals surface area contributed by atoms with Crippen molar-refractivity contribution >= 4 is 64.0 Å². The lowest BCUT2D eigenvalue weighted by Gasteiger charge is -2.16. The van der Waals surface area contributed by atoms with E-state index in [-0.39, 0.29) is 26.5 Å². The van der Waals surface area contributed by atoms with Gasteiger partial charge in [0.25, 0.3) is 11.8 Å². The zero-order valence-corrected chi connectivity index (χ0v) is 20.3. The zero-order valence-electron chi connectivity index (χ0n) is 18.0. The third-order valence-corrected chi connectivity index (χ3v) is 6.00. The van der Waals surface area contributed by atoms with Crippen molar-refractivity contribution in [2.75, 3.05) is 10.2 Å². The van der Waals surface area contributed by atoms with Crippen molar-refractivity contribution in [3.8, 4) is 5.75 Å². The standard InChI is InChI=1S/C25H17Cl3N2O4/c1-13-3-8-20(9-14(13)2)34-25(33)15-4-6-18(7-5-15)29-22-21(28)23(31)30(24(22)32)19-11-16(26)10-17(27)12-19/h3-12,29H,1-2H3. The van der Waals surface area contributed by atoms with Crippen LogP contribution in [-0.4, -0.2) is 17.8 Å². The number of ether oxygens (including phenoxy) is 1. The van der Waals surface area contributed by atoms with Crippen LogP contribution in [0.3, 0.4) is 0 Å². The van der Waals surface area contributed by atoms with Gasteiger partial charge in [-0.15, -0.1) is 0 Å². The number of hydrogen-bond acceptors (Lipinski definition) is 5. The number of nitrogens with zero attached hydrogens (tertiary/aromatic N) is 1. The van der Waals surface area contributed by atoms with Gasteiger partial charge in [0.2, 0.25) is 0 Å². The summed E-state index contributed by atoms with van der Waals surface area (Å²) in [5.41, 5.74) is 2.97. The van der Waals surface area contributed by atoms with E-state index in [9.17, 15) is 14.4 Å². The Kier molecular flexibility index (Phi) is 6.66. The maximum Gasteiger partial charge on any atom is 0.343 e. The molecule has 0 aliphatic carbocycles. The van der Waals surface area contributed by atoms with Crippen molar-refractivity contribution in [2.24, 2.45) is 0 Å². The number of amides is 2. The minimum absolute atomic E-state index is 0.103.